The number of carbonyl (C=O) groups excluding carboxylic acids is 1. The Morgan fingerprint density at radius 1 is 1.35 bits per heavy atom. The van der Waals surface area contributed by atoms with Gasteiger partial charge in [-0.15, -0.1) is 0 Å². The molecule has 0 aromatic carbocycles. The fraction of sp³-hybridized carbons (Fsp3) is 0.643. The van der Waals surface area contributed by atoms with Crippen LogP contribution in [0.1, 0.15) is 25.4 Å². The molecule has 0 bridgehead atoms. The van der Waals surface area contributed by atoms with Crippen molar-refractivity contribution in [3.8, 4) is 0 Å². The molecule has 6 heteroatoms. The molecular formula is C14H23N5O. The van der Waals surface area contributed by atoms with Crippen molar-refractivity contribution in [3.05, 3.63) is 17.6 Å². The highest BCUT2D eigenvalue weighted by Gasteiger charge is 2.40. The third kappa shape index (κ3) is 2.75. The molecule has 20 heavy (non-hydrogen) atoms. The Kier molecular flexibility index (Phi) is 3.94. The standard InChI is InChI=1S/C14H23N5O/c1-10-8-11(15-4)17-12(16-10)9-19-7-6-18(5)13(20)14(19,2)3/h8H,6-7,9H2,1-5H3,(H,15,16,17). The summed E-state index contributed by atoms with van der Waals surface area (Å²) in [5, 5.41) is 3.04. The fourth-order valence-corrected chi connectivity index (χ4v) is 2.53. The van der Waals surface area contributed by atoms with Gasteiger partial charge < -0.3 is 10.2 Å². The van der Waals surface area contributed by atoms with Gasteiger partial charge in [0, 0.05) is 38.9 Å². The van der Waals surface area contributed by atoms with Crippen LogP contribution in [0.3, 0.4) is 0 Å². The minimum Gasteiger partial charge on any atom is -0.373 e. The number of likely N-dealkylation sites (N-methyl/N-ethyl adjacent to an activating group) is 1. The molecule has 1 aliphatic rings. The van der Waals surface area contributed by atoms with Gasteiger partial charge in [-0.3, -0.25) is 9.69 Å². The van der Waals surface area contributed by atoms with Gasteiger partial charge >= 0.3 is 0 Å². The molecule has 0 spiro atoms. The number of aromatic nitrogens is 2. The lowest BCUT2D eigenvalue weighted by atomic mass is 9.98. The predicted octanol–water partition coefficient (Wildman–Crippen LogP) is 0.879. The van der Waals surface area contributed by atoms with Crippen molar-refractivity contribution < 1.29 is 4.79 Å². The molecule has 2 rings (SSSR count). The number of nitrogens with zero attached hydrogens (tertiary/aromatic N) is 4. The van der Waals surface area contributed by atoms with Crippen LogP contribution < -0.4 is 5.32 Å². The van der Waals surface area contributed by atoms with Crippen LogP contribution in [0.2, 0.25) is 0 Å². The molecule has 0 radical (unpaired) electrons. The van der Waals surface area contributed by atoms with E-state index >= 15 is 0 Å². The largest absolute Gasteiger partial charge is 0.373 e. The predicted molar refractivity (Wildman–Crippen MR) is 78.4 cm³/mol. The third-order valence-corrected chi connectivity index (χ3v) is 3.85. The summed E-state index contributed by atoms with van der Waals surface area (Å²) in [6.45, 7) is 8.03. The molecule has 2 heterocycles. The summed E-state index contributed by atoms with van der Waals surface area (Å²) in [7, 11) is 3.69. The smallest absolute Gasteiger partial charge is 0.242 e. The van der Waals surface area contributed by atoms with Crippen molar-refractivity contribution in [2.75, 3.05) is 32.5 Å². The van der Waals surface area contributed by atoms with Crippen LogP contribution in [-0.2, 0) is 11.3 Å². The van der Waals surface area contributed by atoms with Crippen molar-refractivity contribution in [1.82, 2.24) is 19.8 Å². The van der Waals surface area contributed by atoms with Crippen LogP contribution >= 0.6 is 0 Å². The summed E-state index contributed by atoms with van der Waals surface area (Å²) in [6, 6.07) is 1.91. The molecule has 1 aromatic rings. The summed E-state index contributed by atoms with van der Waals surface area (Å²) >= 11 is 0. The zero-order chi connectivity index (χ0) is 14.9. The van der Waals surface area contributed by atoms with Crippen molar-refractivity contribution in [3.63, 3.8) is 0 Å². The van der Waals surface area contributed by atoms with Crippen molar-refractivity contribution in [2.45, 2.75) is 32.9 Å². The van der Waals surface area contributed by atoms with Crippen molar-refractivity contribution in [2.24, 2.45) is 0 Å². The minimum atomic E-state index is -0.514. The van der Waals surface area contributed by atoms with Gasteiger partial charge in [-0.05, 0) is 20.8 Å². The van der Waals surface area contributed by atoms with Crippen LogP contribution in [0.4, 0.5) is 5.82 Å². The maximum Gasteiger partial charge on any atom is 0.242 e. The molecule has 1 aliphatic heterocycles. The fourth-order valence-electron chi connectivity index (χ4n) is 2.53. The molecule has 1 N–H and O–H groups in total. The van der Waals surface area contributed by atoms with Crippen molar-refractivity contribution >= 4 is 11.7 Å². The zero-order valence-electron chi connectivity index (χ0n) is 12.9. The first kappa shape index (κ1) is 14.7. The van der Waals surface area contributed by atoms with Gasteiger partial charge in [0.05, 0.1) is 12.1 Å². The maximum atomic E-state index is 12.3. The molecule has 0 saturated carbocycles. The summed E-state index contributed by atoms with van der Waals surface area (Å²) in [5.41, 5.74) is 0.414. The summed E-state index contributed by atoms with van der Waals surface area (Å²) in [4.78, 5) is 25.1. The number of amides is 1. The number of nitrogens with one attached hydrogen (secondary N) is 1. The number of rotatable bonds is 3. The van der Waals surface area contributed by atoms with Gasteiger partial charge in [0.2, 0.25) is 5.91 Å². The molecule has 6 nitrogen and oxygen atoms in total. The Labute approximate surface area is 120 Å². The topological polar surface area (TPSA) is 61.4 Å². The van der Waals surface area contributed by atoms with E-state index in [0.717, 1.165) is 30.4 Å². The number of anilines is 1. The van der Waals surface area contributed by atoms with E-state index < -0.39 is 5.54 Å². The average Bonchev–Trinajstić information content (AvgIpc) is 2.39. The van der Waals surface area contributed by atoms with E-state index in [1.807, 2.05) is 40.9 Å². The Hall–Kier alpha value is -1.69. The Morgan fingerprint density at radius 2 is 2.05 bits per heavy atom. The van der Waals surface area contributed by atoms with Gasteiger partial charge in [-0.2, -0.15) is 0 Å². The minimum absolute atomic E-state index is 0.144. The highest BCUT2D eigenvalue weighted by molar-refractivity contribution is 5.86. The highest BCUT2D eigenvalue weighted by Crippen LogP contribution is 2.23. The molecule has 0 unspecified atom stereocenters. The Bertz CT molecular complexity index is 514. The summed E-state index contributed by atoms with van der Waals surface area (Å²) < 4.78 is 0. The third-order valence-electron chi connectivity index (χ3n) is 3.85. The molecule has 1 aromatic heterocycles. The second kappa shape index (κ2) is 5.36. The number of carbonyl (C=O) groups is 1. The second-order valence-corrected chi connectivity index (χ2v) is 5.77. The highest BCUT2D eigenvalue weighted by atomic mass is 16.2. The van der Waals surface area contributed by atoms with Gasteiger partial charge in [0.25, 0.3) is 0 Å². The first-order valence-corrected chi connectivity index (χ1v) is 6.87. The molecule has 1 saturated heterocycles. The van der Waals surface area contributed by atoms with Crippen LogP contribution in [-0.4, -0.2) is 58.4 Å². The molecule has 1 fully saturated rings. The van der Waals surface area contributed by atoms with E-state index in [1.54, 1.807) is 4.90 Å². The van der Waals surface area contributed by atoms with E-state index in [2.05, 4.69) is 20.2 Å². The molecule has 0 aliphatic carbocycles. The van der Waals surface area contributed by atoms with Gasteiger partial charge in [-0.1, -0.05) is 0 Å². The van der Waals surface area contributed by atoms with Crippen LogP contribution in [0.15, 0.2) is 6.07 Å². The molecule has 0 atom stereocenters. The lowest BCUT2D eigenvalue weighted by molar-refractivity contribution is -0.147. The van der Waals surface area contributed by atoms with Gasteiger partial charge in [0.1, 0.15) is 11.6 Å². The average molecular weight is 277 g/mol. The van der Waals surface area contributed by atoms with E-state index in [0.29, 0.717) is 6.54 Å². The quantitative estimate of drug-likeness (QED) is 0.888. The Balaban J connectivity index is 2.21. The maximum absolute atomic E-state index is 12.3. The number of hydrogen-bond acceptors (Lipinski definition) is 5. The first-order valence-electron chi connectivity index (χ1n) is 6.87. The summed E-state index contributed by atoms with van der Waals surface area (Å²) in [5.74, 6) is 1.70. The number of aryl methyl sites for hydroxylation is 1. The van der Waals surface area contributed by atoms with E-state index in [4.69, 9.17) is 0 Å². The second-order valence-electron chi connectivity index (χ2n) is 5.77. The number of piperazine rings is 1. The Morgan fingerprint density at radius 3 is 2.70 bits per heavy atom. The van der Waals surface area contributed by atoms with Crippen LogP contribution in [0.25, 0.3) is 0 Å². The molecular weight excluding hydrogens is 254 g/mol. The number of hydrogen-bond donors (Lipinski definition) is 1. The van der Waals surface area contributed by atoms with Crippen LogP contribution in [0, 0.1) is 6.92 Å². The monoisotopic (exact) mass is 277 g/mol. The van der Waals surface area contributed by atoms with E-state index in [1.165, 1.54) is 0 Å². The zero-order valence-corrected chi connectivity index (χ0v) is 12.9. The lowest BCUT2D eigenvalue weighted by Crippen LogP contribution is -2.61. The molecule has 1 amide bonds. The van der Waals surface area contributed by atoms with Gasteiger partial charge in [-0.25, -0.2) is 9.97 Å². The normalized spacial score (nSPS) is 19.2. The summed E-state index contributed by atoms with van der Waals surface area (Å²) in [6.07, 6.45) is 0. The van der Waals surface area contributed by atoms with E-state index in [9.17, 15) is 4.79 Å². The van der Waals surface area contributed by atoms with Crippen molar-refractivity contribution in [1.29, 1.82) is 0 Å². The first-order chi connectivity index (χ1) is 9.34. The SMILES string of the molecule is CNc1cc(C)nc(CN2CCN(C)C(=O)C2(C)C)n1. The molecule has 110 valence electrons. The van der Waals surface area contributed by atoms with Gasteiger partial charge in [0.15, 0.2) is 0 Å². The lowest BCUT2D eigenvalue weighted by Gasteiger charge is -2.44. The van der Waals surface area contributed by atoms with Crippen LogP contribution in [0.5, 0.6) is 0 Å². The van der Waals surface area contributed by atoms with E-state index in [-0.39, 0.29) is 5.91 Å².